The second-order valence-corrected chi connectivity index (χ2v) is 6.78. The first-order valence-corrected chi connectivity index (χ1v) is 8.41. The molecule has 0 amide bonds. The molecule has 0 spiro atoms. The maximum absolute atomic E-state index is 5.37. The first kappa shape index (κ1) is 15.7. The van der Waals surface area contributed by atoms with Crippen molar-refractivity contribution in [3.05, 3.63) is 38.3 Å². The molecule has 2 rings (SSSR count). The summed E-state index contributed by atoms with van der Waals surface area (Å²) in [7, 11) is 2.09. The van der Waals surface area contributed by atoms with Crippen molar-refractivity contribution in [3.8, 4) is 0 Å². The van der Waals surface area contributed by atoms with Gasteiger partial charge in [-0.1, -0.05) is 12.1 Å². The lowest BCUT2D eigenvalue weighted by molar-refractivity contribution is 0.267. The molecule has 0 atom stereocenters. The summed E-state index contributed by atoms with van der Waals surface area (Å²) in [6.07, 6.45) is 1.13. The van der Waals surface area contributed by atoms with Crippen molar-refractivity contribution < 1.29 is 4.52 Å². The first-order chi connectivity index (χ1) is 9.67. The fourth-order valence-electron chi connectivity index (χ4n) is 1.93. The molecule has 0 saturated heterocycles. The van der Waals surface area contributed by atoms with Crippen molar-refractivity contribution in [2.75, 3.05) is 13.6 Å². The van der Waals surface area contributed by atoms with Crippen molar-refractivity contribution in [2.45, 2.75) is 33.0 Å². The van der Waals surface area contributed by atoms with Gasteiger partial charge in [-0.25, -0.2) is 0 Å². The van der Waals surface area contributed by atoms with Crippen LogP contribution in [0.25, 0.3) is 0 Å². The normalized spacial score (nSPS) is 11.4. The van der Waals surface area contributed by atoms with Crippen LogP contribution >= 0.6 is 27.3 Å². The third kappa shape index (κ3) is 5.01. The van der Waals surface area contributed by atoms with Crippen LogP contribution in [0.2, 0.25) is 0 Å². The quantitative estimate of drug-likeness (QED) is 0.732. The molecule has 0 aliphatic rings. The molecule has 0 fully saturated rings. The summed E-state index contributed by atoms with van der Waals surface area (Å²) < 4.78 is 6.52. The van der Waals surface area contributed by atoms with Gasteiger partial charge < -0.3 is 9.84 Å². The second-order valence-electron chi connectivity index (χ2n) is 4.86. The molecule has 0 aromatic carbocycles. The van der Waals surface area contributed by atoms with E-state index in [9.17, 15) is 0 Å². The standard InChI is InChI=1S/C14H20BrN3OS/c1-3-4-16-7-12-6-13(19-17-12)8-18(2)9-14-5-11(15)10-20-14/h5-6,10,16H,3-4,7-9H2,1-2H3. The second kappa shape index (κ2) is 7.93. The SMILES string of the molecule is CCCNCc1cc(CN(C)Cc2cc(Br)cs2)on1. The van der Waals surface area contributed by atoms with Crippen LogP contribution in [0.3, 0.4) is 0 Å². The average molecular weight is 358 g/mol. The Labute approximate surface area is 132 Å². The van der Waals surface area contributed by atoms with E-state index in [0.717, 1.165) is 48.5 Å². The van der Waals surface area contributed by atoms with Crippen LogP contribution in [0.15, 0.2) is 26.5 Å². The van der Waals surface area contributed by atoms with Crippen LogP contribution in [0.4, 0.5) is 0 Å². The highest BCUT2D eigenvalue weighted by molar-refractivity contribution is 9.10. The molecule has 2 aromatic rings. The lowest BCUT2D eigenvalue weighted by atomic mass is 10.3. The summed E-state index contributed by atoms with van der Waals surface area (Å²) in [5.74, 6) is 0.913. The van der Waals surface area contributed by atoms with Crippen molar-refractivity contribution in [2.24, 2.45) is 0 Å². The predicted octanol–water partition coefficient (Wildman–Crippen LogP) is 3.63. The van der Waals surface area contributed by atoms with Crippen LogP contribution in [0.1, 0.15) is 29.7 Å². The fraction of sp³-hybridized carbons (Fsp3) is 0.500. The number of hydrogen-bond donors (Lipinski definition) is 1. The molecule has 0 aliphatic heterocycles. The minimum atomic E-state index is 0.774. The Morgan fingerprint density at radius 3 is 2.95 bits per heavy atom. The smallest absolute Gasteiger partial charge is 0.151 e. The zero-order valence-electron chi connectivity index (χ0n) is 11.9. The van der Waals surface area contributed by atoms with E-state index in [-0.39, 0.29) is 0 Å². The van der Waals surface area contributed by atoms with E-state index in [1.807, 2.05) is 6.07 Å². The highest BCUT2D eigenvalue weighted by Gasteiger charge is 2.08. The predicted molar refractivity (Wildman–Crippen MR) is 85.7 cm³/mol. The number of rotatable bonds is 8. The Kier molecular flexibility index (Phi) is 6.22. The van der Waals surface area contributed by atoms with E-state index >= 15 is 0 Å². The van der Waals surface area contributed by atoms with Gasteiger partial charge in [-0.15, -0.1) is 11.3 Å². The fourth-order valence-corrected chi connectivity index (χ4v) is 3.46. The van der Waals surface area contributed by atoms with Gasteiger partial charge in [-0.05, 0) is 42.0 Å². The monoisotopic (exact) mass is 357 g/mol. The summed E-state index contributed by atoms with van der Waals surface area (Å²) in [6, 6.07) is 4.19. The van der Waals surface area contributed by atoms with E-state index in [1.54, 1.807) is 11.3 Å². The zero-order valence-corrected chi connectivity index (χ0v) is 14.3. The van der Waals surface area contributed by atoms with Gasteiger partial charge in [0.25, 0.3) is 0 Å². The average Bonchev–Trinajstić information content (AvgIpc) is 2.99. The van der Waals surface area contributed by atoms with Crippen LogP contribution < -0.4 is 5.32 Å². The van der Waals surface area contributed by atoms with Crippen molar-refractivity contribution in [3.63, 3.8) is 0 Å². The third-order valence-electron chi connectivity index (χ3n) is 2.81. The Bertz CT molecular complexity index is 526. The van der Waals surface area contributed by atoms with Gasteiger partial charge in [-0.3, -0.25) is 4.90 Å². The van der Waals surface area contributed by atoms with Crippen LogP contribution in [-0.2, 0) is 19.6 Å². The molecule has 0 radical (unpaired) electrons. The molecular weight excluding hydrogens is 338 g/mol. The molecule has 0 bridgehead atoms. The number of hydrogen-bond acceptors (Lipinski definition) is 5. The summed E-state index contributed by atoms with van der Waals surface area (Å²) >= 11 is 5.24. The van der Waals surface area contributed by atoms with E-state index in [2.05, 4.69) is 56.7 Å². The molecule has 110 valence electrons. The maximum atomic E-state index is 5.37. The summed E-state index contributed by atoms with van der Waals surface area (Å²) in [6.45, 7) is 5.63. The molecule has 2 aromatic heterocycles. The molecule has 2 heterocycles. The van der Waals surface area contributed by atoms with Gasteiger partial charge in [0.1, 0.15) is 0 Å². The molecule has 0 unspecified atom stereocenters. The first-order valence-electron chi connectivity index (χ1n) is 6.74. The van der Waals surface area contributed by atoms with Gasteiger partial charge in [0, 0.05) is 33.9 Å². The highest BCUT2D eigenvalue weighted by atomic mass is 79.9. The number of thiophene rings is 1. The van der Waals surface area contributed by atoms with Gasteiger partial charge in [-0.2, -0.15) is 0 Å². The third-order valence-corrected chi connectivity index (χ3v) is 4.50. The molecule has 0 aliphatic carbocycles. The number of nitrogens with one attached hydrogen (secondary N) is 1. The van der Waals surface area contributed by atoms with Crippen LogP contribution in [0.5, 0.6) is 0 Å². The Balaban J connectivity index is 1.80. The van der Waals surface area contributed by atoms with Crippen molar-refractivity contribution >= 4 is 27.3 Å². The minimum Gasteiger partial charge on any atom is -0.360 e. The van der Waals surface area contributed by atoms with E-state index in [0.29, 0.717) is 0 Å². The van der Waals surface area contributed by atoms with Crippen LogP contribution in [-0.4, -0.2) is 23.6 Å². The van der Waals surface area contributed by atoms with Gasteiger partial charge in [0.15, 0.2) is 5.76 Å². The van der Waals surface area contributed by atoms with E-state index < -0.39 is 0 Å². The molecule has 6 heteroatoms. The zero-order chi connectivity index (χ0) is 14.4. The van der Waals surface area contributed by atoms with Crippen LogP contribution in [0, 0.1) is 0 Å². The number of aromatic nitrogens is 1. The van der Waals surface area contributed by atoms with Gasteiger partial charge >= 0.3 is 0 Å². The molecular formula is C14H20BrN3OS. The summed E-state index contributed by atoms with van der Waals surface area (Å²) in [5.41, 5.74) is 0.973. The molecule has 1 N–H and O–H groups in total. The number of nitrogens with zero attached hydrogens (tertiary/aromatic N) is 2. The Hall–Kier alpha value is -0.690. The molecule has 0 saturated carbocycles. The molecule has 20 heavy (non-hydrogen) atoms. The highest BCUT2D eigenvalue weighted by Crippen LogP contribution is 2.21. The van der Waals surface area contributed by atoms with Crippen molar-refractivity contribution in [1.29, 1.82) is 0 Å². The Morgan fingerprint density at radius 2 is 2.25 bits per heavy atom. The lowest BCUT2D eigenvalue weighted by Crippen LogP contribution is -2.16. The topological polar surface area (TPSA) is 41.3 Å². The largest absolute Gasteiger partial charge is 0.360 e. The van der Waals surface area contributed by atoms with Gasteiger partial charge in [0.2, 0.25) is 0 Å². The van der Waals surface area contributed by atoms with Gasteiger partial charge in [0.05, 0.1) is 12.2 Å². The van der Waals surface area contributed by atoms with E-state index in [4.69, 9.17) is 4.52 Å². The Morgan fingerprint density at radius 1 is 1.40 bits per heavy atom. The lowest BCUT2D eigenvalue weighted by Gasteiger charge is -2.12. The summed E-state index contributed by atoms with van der Waals surface area (Å²) in [5, 5.41) is 9.51. The summed E-state index contributed by atoms with van der Waals surface area (Å²) in [4.78, 5) is 3.56. The maximum Gasteiger partial charge on any atom is 0.151 e. The number of halogens is 1. The van der Waals surface area contributed by atoms with E-state index in [1.165, 1.54) is 4.88 Å². The van der Waals surface area contributed by atoms with Crippen molar-refractivity contribution in [1.82, 2.24) is 15.4 Å². The minimum absolute atomic E-state index is 0.774. The molecule has 4 nitrogen and oxygen atoms in total.